The number of aryl methyl sites for hydroxylation is 2. The number of H-pyrrole nitrogens is 1. The summed E-state index contributed by atoms with van der Waals surface area (Å²) < 4.78 is 57.2. The van der Waals surface area contributed by atoms with Gasteiger partial charge in [-0.3, -0.25) is 14.8 Å². The van der Waals surface area contributed by atoms with Crippen molar-refractivity contribution in [1.82, 2.24) is 24.9 Å². The molecule has 0 fully saturated rings. The lowest BCUT2D eigenvalue weighted by Crippen LogP contribution is -2.17. The van der Waals surface area contributed by atoms with Gasteiger partial charge in [-0.2, -0.15) is 0 Å². The van der Waals surface area contributed by atoms with Crippen molar-refractivity contribution in [3.63, 3.8) is 0 Å². The Labute approximate surface area is 360 Å². The molecule has 0 unspecified atom stereocenters. The SMILES string of the molecule is CC(C)(C)OC=O.CCS(=O)(=O)c1cc2ccc(Br)cc2nc1-c1cc2ncc(C)cc2[nH]1.CCS(=O)(=O)c1cc2ccc(Br)cc2nc1C1=Cc2ncc(C)cc2C1. The van der Waals surface area contributed by atoms with Crippen LogP contribution in [0.3, 0.4) is 0 Å². The topological polar surface area (TPSA) is 162 Å². The molecule has 1 aliphatic rings. The zero-order chi connectivity index (χ0) is 42.9. The lowest BCUT2D eigenvalue weighted by Gasteiger charge is -2.14. The lowest BCUT2D eigenvalue weighted by atomic mass is 10.1. The Morgan fingerprint density at radius 2 is 1.27 bits per heavy atom. The third-order valence-corrected chi connectivity index (χ3v) is 13.8. The molecule has 0 saturated carbocycles. The average molecular weight is 962 g/mol. The molecule has 11 nitrogen and oxygen atoms in total. The van der Waals surface area contributed by atoms with Gasteiger partial charge in [0, 0.05) is 38.5 Å². The number of halogens is 2. The minimum Gasteiger partial charge on any atom is -0.462 e. The van der Waals surface area contributed by atoms with Crippen molar-refractivity contribution in [3.8, 4) is 11.4 Å². The highest BCUT2D eigenvalue weighted by atomic mass is 79.9. The number of aromatic amines is 1. The smallest absolute Gasteiger partial charge is 0.293 e. The van der Waals surface area contributed by atoms with E-state index in [-0.39, 0.29) is 22.0 Å². The first-order valence-electron chi connectivity index (χ1n) is 18.7. The van der Waals surface area contributed by atoms with Crippen LogP contribution in [-0.2, 0) is 35.6 Å². The zero-order valence-corrected chi connectivity index (χ0v) is 38.4. The van der Waals surface area contributed by atoms with Gasteiger partial charge in [0.2, 0.25) is 0 Å². The molecule has 15 heteroatoms. The van der Waals surface area contributed by atoms with Crippen LogP contribution in [0.1, 0.15) is 62.7 Å². The summed E-state index contributed by atoms with van der Waals surface area (Å²) in [6, 6.07) is 20.7. The fourth-order valence-corrected chi connectivity index (χ4v) is 9.17. The lowest BCUT2D eigenvalue weighted by molar-refractivity contribution is -0.138. The second kappa shape index (κ2) is 17.4. The minimum absolute atomic E-state index is 0.0152. The van der Waals surface area contributed by atoms with Gasteiger partial charge in [0.25, 0.3) is 6.47 Å². The number of pyridine rings is 4. The van der Waals surface area contributed by atoms with E-state index in [0.29, 0.717) is 34.9 Å². The number of aromatic nitrogens is 5. The molecule has 0 amide bonds. The first-order valence-corrected chi connectivity index (χ1v) is 23.6. The van der Waals surface area contributed by atoms with Gasteiger partial charge in [0.15, 0.2) is 19.7 Å². The summed E-state index contributed by atoms with van der Waals surface area (Å²) >= 11 is 6.91. The van der Waals surface area contributed by atoms with Crippen LogP contribution in [0.2, 0.25) is 0 Å². The van der Waals surface area contributed by atoms with E-state index in [1.807, 2.05) is 95.4 Å². The van der Waals surface area contributed by atoms with E-state index in [2.05, 4.69) is 62.6 Å². The van der Waals surface area contributed by atoms with Gasteiger partial charge in [-0.15, -0.1) is 0 Å². The number of ether oxygens (including phenoxy) is 1. The van der Waals surface area contributed by atoms with Crippen LogP contribution in [0.15, 0.2) is 97.9 Å². The van der Waals surface area contributed by atoms with Gasteiger partial charge < -0.3 is 9.72 Å². The minimum atomic E-state index is -3.44. The highest BCUT2D eigenvalue weighted by Gasteiger charge is 2.26. The molecule has 0 atom stereocenters. The molecule has 5 heterocycles. The van der Waals surface area contributed by atoms with Gasteiger partial charge in [-0.05, 0) is 111 Å². The molecule has 2 aromatic carbocycles. The Balaban J connectivity index is 0.000000171. The van der Waals surface area contributed by atoms with E-state index in [1.165, 1.54) is 0 Å². The number of sulfone groups is 2. The molecule has 5 aromatic heterocycles. The molecule has 1 aliphatic carbocycles. The van der Waals surface area contributed by atoms with E-state index in [1.54, 1.807) is 32.2 Å². The fourth-order valence-electron chi connectivity index (χ4n) is 6.32. The number of hydrogen-bond donors (Lipinski definition) is 1. The molecule has 8 rings (SSSR count). The largest absolute Gasteiger partial charge is 0.462 e. The van der Waals surface area contributed by atoms with Crippen molar-refractivity contribution >= 4 is 102 Å². The van der Waals surface area contributed by atoms with Crippen LogP contribution in [-0.4, -0.2) is 65.3 Å². The number of nitrogens with one attached hydrogen (secondary N) is 1. The molecule has 0 saturated heterocycles. The fraction of sp³-hybridized carbons (Fsp3) is 0.250. The number of rotatable bonds is 7. The van der Waals surface area contributed by atoms with E-state index in [4.69, 9.17) is 4.98 Å². The predicted molar refractivity (Wildman–Crippen MR) is 242 cm³/mol. The van der Waals surface area contributed by atoms with Gasteiger partial charge in [-0.25, -0.2) is 26.8 Å². The number of carbonyl (C=O) groups is 1. The predicted octanol–water partition coefficient (Wildman–Crippen LogP) is 10.2. The van der Waals surface area contributed by atoms with E-state index in [9.17, 15) is 21.6 Å². The number of carbonyl (C=O) groups excluding carboxylic acids is 1. The Hall–Kier alpha value is -4.83. The van der Waals surface area contributed by atoms with Crippen LogP contribution in [0, 0.1) is 13.8 Å². The second-order valence-electron chi connectivity index (χ2n) is 15.0. The average Bonchev–Trinajstić information content (AvgIpc) is 3.80. The highest BCUT2D eigenvalue weighted by molar-refractivity contribution is 9.10. The maximum atomic E-state index is 12.7. The summed E-state index contributed by atoms with van der Waals surface area (Å²) in [5.74, 6) is 0.0581. The summed E-state index contributed by atoms with van der Waals surface area (Å²) in [5.41, 5.74) is 9.44. The first kappa shape index (κ1) is 43.7. The number of allylic oxidation sites excluding steroid dienone is 1. The third-order valence-electron chi connectivity index (χ3n) is 9.32. The summed E-state index contributed by atoms with van der Waals surface area (Å²) in [4.78, 5) is 31.7. The van der Waals surface area contributed by atoms with E-state index < -0.39 is 19.7 Å². The second-order valence-corrected chi connectivity index (χ2v) is 21.3. The number of benzene rings is 2. The Kier molecular flexibility index (Phi) is 12.9. The van der Waals surface area contributed by atoms with Gasteiger partial charge >= 0.3 is 0 Å². The summed E-state index contributed by atoms with van der Waals surface area (Å²) in [7, 11) is -6.84. The molecule has 7 aromatic rings. The number of nitrogens with zero attached hydrogens (tertiary/aromatic N) is 4. The highest BCUT2D eigenvalue weighted by Crippen LogP contribution is 2.36. The molecule has 0 bridgehead atoms. The Morgan fingerprint density at radius 3 is 1.81 bits per heavy atom. The van der Waals surface area contributed by atoms with Gasteiger partial charge in [0.05, 0.1) is 60.4 Å². The van der Waals surface area contributed by atoms with Crippen LogP contribution in [0.4, 0.5) is 0 Å². The molecule has 0 radical (unpaired) electrons. The van der Waals surface area contributed by atoms with Crippen LogP contribution >= 0.6 is 31.9 Å². The monoisotopic (exact) mass is 959 g/mol. The van der Waals surface area contributed by atoms with Crippen LogP contribution in [0.25, 0.3) is 55.9 Å². The van der Waals surface area contributed by atoms with Crippen molar-refractivity contribution in [2.24, 2.45) is 0 Å². The molecule has 0 spiro atoms. The quantitative estimate of drug-likeness (QED) is 0.152. The summed E-state index contributed by atoms with van der Waals surface area (Å²) in [5, 5.41) is 1.60. The summed E-state index contributed by atoms with van der Waals surface area (Å²) in [6.07, 6.45) is 6.21. The van der Waals surface area contributed by atoms with E-state index in [0.717, 1.165) is 69.7 Å². The molecule has 306 valence electrons. The number of fused-ring (bicyclic) bond motifs is 4. The normalized spacial score (nSPS) is 12.7. The van der Waals surface area contributed by atoms with Gasteiger partial charge in [-0.1, -0.05) is 63.9 Å². The van der Waals surface area contributed by atoms with Crippen molar-refractivity contribution in [2.75, 3.05) is 11.5 Å². The van der Waals surface area contributed by atoms with E-state index >= 15 is 0 Å². The van der Waals surface area contributed by atoms with Crippen molar-refractivity contribution in [1.29, 1.82) is 0 Å². The van der Waals surface area contributed by atoms with Crippen molar-refractivity contribution in [2.45, 2.75) is 70.3 Å². The molecular formula is C44H43Br2N5O6S2. The van der Waals surface area contributed by atoms with Crippen molar-refractivity contribution in [3.05, 3.63) is 116 Å². The zero-order valence-electron chi connectivity index (χ0n) is 33.6. The Morgan fingerprint density at radius 1 is 0.729 bits per heavy atom. The summed E-state index contributed by atoms with van der Waals surface area (Å²) in [6.45, 7) is 13.2. The molecule has 0 aliphatic heterocycles. The van der Waals surface area contributed by atoms with Crippen LogP contribution < -0.4 is 0 Å². The molecule has 59 heavy (non-hydrogen) atoms. The first-order chi connectivity index (χ1) is 27.8. The van der Waals surface area contributed by atoms with Crippen molar-refractivity contribution < 1.29 is 26.4 Å². The maximum Gasteiger partial charge on any atom is 0.293 e. The third kappa shape index (κ3) is 10.1. The van der Waals surface area contributed by atoms with Gasteiger partial charge in [0.1, 0.15) is 11.3 Å². The standard InChI is InChI=1S/C20H17BrN2O2S.C19H16BrN3O2S.C5H10O2/c1-3-26(24,25)19-9-13-4-5-16(21)10-18(13)23-20(19)15-7-14-6-12(2)11-22-17(14)8-15;1-3-26(24,25)18-7-12-4-5-13(20)8-14(12)23-19(18)17-9-15-16(22-17)6-11(2)10-21-15;1-5(2,3)7-4-6/h4-6,8-11H,3,7H2,1-2H3;4-10,22H,3H2,1-2H3;4H,1-3H3. The molecule has 1 N–H and O–H groups in total. The Bertz CT molecular complexity index is 3010. The molecular weight excluding hydrogens is 918 g/mol. The number of hydrogen-bond acceptors (Lipinski definition) is 10. The maximum absolute atomic E-state index is 12.7. The van der Waals surface area contributed by atoms with Crippen LogP contribution in [0.5, 0.6) is 0 Å².